The van der Waals surface area contributed by atoms with Gasteiger partial charge in [0.25, 0.3) is 0 Å². The molecule has 1 fully saturated rings. The fourth-order valence-corrected chi connectivity index (χ4v) is 3.17. The Morgan fingerprint density at radius 1 is 1.44 bits per heavy atom. The summed E-state index contributed by atoms with van der Waals surface area (Å²) < 4.78 is 0. The number of carbonyl (C=O) groups excluding carboxylic acids is 1. The second-order valence-electron chi connectivity index (χ2n) is 4.52. The number of carboxylic acids is 1. The van der Waals surface area contributed by atoms with Gasteiger partial charge in [-0.15, -0.1) is 0 Å². The summed E-state index contributed by atoms with van der Waals surface area (Å²) in [5, 5.41) is 14.7. The SMILES string of the molecule is CCC[C@@H](NC(=O)NCC1CCCCS1)C(=O)O. The second kappa shape index (κ2) is 8.24. The molecule has 0 spiro atoms. The molecule has 0 bridgehead atoms. The Morgan fingerprint density at radius 3 is 2.78 bits per heavy atom. The van der Waals surface area contributed by atoms with Crippen LogP contribution in [0, 0.1) is 0 Å². The van der Waals surface area contributed by atoms with Crippen molar-refractivity contribution in [3.8, 4) is 0 Å². The lowest BCUT2D eigenvalue weighted by atomic mass is 10.2. The number of carbonyl (C=O) groups is 2. The van der Waals surface area contributed by atoms with E-state index in [1.165, 1.54) is 12.8 Å². The highest BCUT2D eigenvalue weighted by Gasteiger charge is 2.20. The molecule has 1 rings (SSSR count). The van der Waals surface area contributed by atoms with E-state index in [-0.39, 0.29) is 6.03 Å². The monoisotopic (exact) mass is 274 g/mol. The minimum absolute atomic E-state index is 0.373. The van der Waals surface area contributed by atoms with Gasteiger partial charge in [-0.25, -0.2) is 9.59 Å². The van der Waals surface area contributed by atoms with Gasteiger partial charge in [-0.3, -0.25) is 0 Å². The predicted molar refractivity (Wildman–Crippen MR) is 73.0 cm³/mol. The highest BCUT2D eigenvalue weighted by Crippen LogP contribution is 2.24. The number of urea groups is 1. The van der Waals surface area contributed by atoms with Gasteiger partial charge in [0.05, 0.1) is 0 Å². The van der Waals surface area contributed by atoms with E-state index >= 15 is 0 Å². The molecule has 1 aliphatic heterocycles. The van der Waals surface area contributed by atoms with Gasteiger partial charge in [-0.05, 0) is 25.0 Å². The van der Waals surface area contributed by atoms with Crippen LogP contribution in [0.1, 0.15) is 39.0 Å². The molecule has 0 saturated carbocycles. The van der Waals surface area contributed by atoms with E-state index in [9.17, 15) is 9.59 Å². The van der Waals surface area contributed by atoms with Gasteiger partial charge in [0, 0.05) is 11.8 Å². The molecular weight excluding hydrogens is 252 g/mol. The summed E-state index contributed by atoms with van der Waals surface area (Å²) in [5.74, 6) is 0.181. The number of hydrogen-bond donors (Lipinski definition) is 3. The molecule has 3 N–H and O–H groups in total. The molecule has 104 valence electrons. The first-order valence-electron chi connectivity index (χ1n) is 6.52. The Kier molecular flexibility index (Phi) is 6.93. The zero-order valence-corrected chi connectivity index (χ0v) is 11.6. The molecule has 0 aromatic carbocycles. The van der Waals surface area contributed by atoms with Crippen LogP contribution in [0.5, 0.6) is 0 Å². The normalized spacial score (nSPS) is 21.1. The van der Waals surface area contributed by atoms with Crippen LogP contribution in [0.25, 0.3) is 0 Å². The summed E-state index contributed by atoms with van der Waals surface area (Å²) >= 11 is 1.88. The largest absolute Gasteiger partial charge is 0.480 e. The number of amides is 2. The van der Waals surface area contributed by atoms with Gasteiger partial charge < -0.3 is 15.7 Å². The molecule has 6 heteroatoms. The van der Waals surface area contributed by atoms with Gasteiger partial charge in [-0.2, -0.15) is 11.8 Å². The summed E-state index contributed by atoms with van der Waals surface area (Å²) in [4.78, 5) is 22.5. The molecule has 0 aliphatic carbocycles. The van der Waals surface area contributed by atoms with Crippen LogP contribution >= 0.6 is 11.8 Å². The van der Waals surface area contributed by atoms with E-state index in [0.29, 0.717) is 18.2 Å². The van der Waals surface area contributed by atoms with Gasteiger partial charge >= 0.3 is 12.0 Å². The third-order valence-corrected chi connectivity index (χ3v) is 4.34. The summed E-state index contributed by atoms with van der Waals surface area (Å²) in [5.41, 5.74) is 0. The molecule has 18 heavy (non-hydrogen) atoms. The summed E-state index contributed by atoms with van der Waals surface area (Å²) in [6.45, 7) is 2.52. The minimum atomic E-state index is -0.973. The first-order valence-corrected chi connectivity index (χ1v) is 7.57. The zero-order chi connectivity index (χ0) is 13.4. The molecule has 5 nitrogen and oxygen atoms in total. The highest BCUT2D eigenvalue weighted by molar-refractivity contribution is 7.99. The molecule has 1 heterocycles. The smallest absolute Gasteiger partial charge is 0.326 e. The van der Waals surface area contributed by atoms with Crippen molar-refractivity contribution in [1.29, 1.82) is 0 Å². The maximum Gasteiger partial charge on any atom is 0.326 e. The summed E-state index contributed by atoms with van der Waals surface area (Å²) in [7, 11) is 0. The topological polar surface area (TPSA) is 78.4 Å². The minimum Gasteiger partial charge on any atom is -0.480 e. The van der Waals surface area contributed by atoms with Crippen molar-refractivity contribution in [2.75, 3.05) is 12.3 Å². The molecule has 0 aromatic rings. The van der Waals surface area contributed by atoms with E-state index < -0.39 is 12.0 Å². The number of rotatable bonds is 6. The predicted octanol–water partition coefficient (Wildman–Crippen LogP) is 1.82. The maximum absolute atomic E-state index is 11.6. The highest BCUT2D eigenvalue weighted by atomic mass is 32.2. The summed E-state index contributed by atoms with van der Waals surface area (Å²) in [6.07, 6.45) is 4.79. The molecule has 2 amide bonds. The van der Waals surface area contributed by atoms with Gasteiger partial charge in [0.1, 0.15) is 6.04 Å². The van der Waals surface area contributed by atoms with E-state index in [0.717, 1.165) is 18.6 Å². The Labute approximate surface area is 112 Å². The Bertz CT molecular complexity index is 280. The van der Waals surface area contributed by atoms with E-state index in [4.69, 9.17) is 5.11 Å². The van der Waals surface area contributed by atoms with E-state index in [1.54, 1.807) is 0 Å². The van der Waals surface area contributed by atoms with Crippen molar-refractivity contribution in [3.63, 3.8) is 0 Å². The van der Waals surface area contributed by atoms with Gasteiger partial charge in [-0.1, -0.05) is 19.8 Å². The molecule has 1 unspecified atom stereocenters. The van der Waals surface area contributed by atoms with Crippen molar-refractivity contribution in [1.82, 2.24) is 10.6 Å². The first-order chi connectivity index (χ1) is 8.63. The molecule has 0 aromatic heterocycles. The zero-order valence-electron chi connectivity index (χ0n) is 10.8. The average Bonchev–Trinajstić information content (AvgIpc) is 2.37. The van der Waals surface area contributed by atoms with Crippen LogP contribution in [0.4, 0.5) is 4.79 Å². The number of carboxylic acid groups (broad SMARTS) is 1. The van der Waals surface area contributed by atoms with Crippen LogP contribution < -0.4 is 10.6 Å². The van der Waals surface area contributed by atoms with Crippen molar-refractivity contribution >= 4 is 23.8 Å². The Morgan fingerprint density at radius 2 is 2.22 bits per heavy atom. The summed E-state index contributed by atoms with van der Waals surface area (Å²) in [6, 6.07) is -1.16. The van der Waals surface area contributed by atoms with Crippen LogP contribution in [0.3, 0.4) is 0 Å². The average molecular weight is 274 g/mol. The van der Waals surface area contributed by atoms with Gasteiger partial charge in [0.2, 0.25) is 0 Å². The fourth-order valence-electron chi connectivity index (χ4n) is 1.93. The number of hydrogen-bond acceptors (Lipinski definition) is 3. The van der Waals surface area contributed by atoms with Crippen LogP contribution in [-0.4, -0.2) is 40.7 Å². The quantitative estimate of drug-likeness (QED) is 0.690. The molecule has 1 saturated heterocycles. The van der Waals surface area contributed by atoms with Crippen molar-refractivity contribution in [2.45, 2.75) is 50.3 Å². The maximum atomic E-state index is 11.6. The fraction of sp³-hybridized carbons (Fsp3) is 0.833. The Hall–Kier alpha value is -0.910. The van der Waals surface area contributed by atoms with Crippen LogP contribution in [0.2, 0.25) is 0 Å². The lowest BCUT2D eigenvalue weighted by Crippen LogP contribution is -2.47. The number of nitrogens with one attached hydrogen (secondary N) is 2. The van der Waals surface area contributed by atoms with Gasteiger partial charge in [0.15, 0.2) is 0 Å². The van der Waals surface area contributed by atoms with Crippen LogP contribution in [-0.2, 0) is 4.79 Å². The lowest BCUT2D eigenvalue weighted by Gasteiger charge is -2.22. The van der Waals surface area contributed by atoms with Crippen molar-refractivity contribution in [3.05, 3.63) is 0 Å². The molecule has 2 atom stereocenters. The second-order valence-corrected chi connectivity index (χ2v) is 5.93. The molecule has 0 radical (unpaired) electrons. The molecule has 1 aliphatic rings. The van der Waals surface area contributed by atoms with E-state index in [1.807, 2.05) is 18.7 Å². The number of aliphatic carboxylic acids is 1. The van der Waals surface area contributed by atoms with Crippen molar-refractivity contribution < 1.29 is 14.7 Å². The van der Waals surface area contributed by atoms with Crippen molar-refractivity contribution in [2.24, 2.45) is 0 Å². The molecular formula is C12H22N2O3S. The lowest BCUT2D eigenvalue weighted by molar-refractivity contribution is -0.139. The Balaban J connectivity index is 2.24. The third kappa shape index (κ3) is 5.62. The van der Waals surface area contributed by atoms with E-state index in [2.05, 4.69) is 10.6 Å². The first kappa shape index (κ1) is 15.1. The standard InChI is InChI=1S/C12H22N2O3S/c1-2-5-10(11(15)16)14-12(17)13-8-9-6-3-4-7-18-9/h9-10H,2-8H2,1H3,(H,15,16)(H2,13,14,17)/t9?,10-/m1/s1. The number of thioether (sulfide) groups is 1. The third-order valence-electron chi connectivity index (χ3n) is 2.95. The van der Waals surface area contributed by atoms with Crippen LogP contribution in [0.15, 0.2) is 0 Å².